The van der Waals surface area contributed by atoms with Crippen molar-refractivity contribution in [1.82, 2.24) is 5.32 Å². The van der Waals surface area contributed by atoms with Crippen LogP contribution in [0.15, 0.2) is 33.8 Å². The molecule has 0 spiro atoms. The zero-order valence-electron chi connectivity index (χ0n) is 10.1. The van der Waals surface area contributed by atoms with Gasteiger partial charge in [0.05, 0.1) is 16.9 Å². The SMILES string of the molecule is CC(C)(O)COC1=CN/C(=C(/C#N)C=N)C(Br)=C1. The molecule has 1 aliphatic heterocycles. The van der Waals surface area contributed by atoms with Gasteiger partial charge in [0.25, 0.3) is 0 Å². The number of allylic oxidation sites excluding steroid dienone is 3. The first kappa shape index (κ1) is 14.5. The minimum atomic E-state index is -0.913. The lowest BCUT2D eigenvalue weighted by atomic mass is 10.1. The number of dihydropyridines is 1. The van der Waals surface area contributed by atoms with E-state index in [-0.39, 0.29) is 12.2 Å². The highest BCUT2D eigenvalue weighted by Crippen LogP contribution is 2.24. The van der Waals surface area contributed by atoms with E-state index >= 15 is 0 Å². The predicted molar refractivity (Wildman–Crippen MR) is 71.9 cm³/mol. The summed E-state index contributed by atoms with van der Waals surface area (Å²) in [5.74, 6) is 0.537. The van der Waals surface area contributed by atoms with Gasteiger partial charge in [-0.15, -0.1) is 0 Å². The van der Waals surface area contributed by atoms with Crippen LogP contribution in [0.1, 0.15) is 13.8 Å². The maximum Gasteiger partial charge on any atom is 0.136 e. The third-order valence-corrected chi connectivity index (χ3v) is 2.62. The second-order valence-electron chi connectivity index (χ2n) is 4.33. The Morgan fingerprint density at radius 3 is 2.83 bits per heavy atom. The van der Waals surface area contributed by atoms with Gasteiger partial charge in [-0.05, 0) is 35.9 Å². The first-order valence-corrected chi connectivity index (χ1v) is 6.01. The Morgan fingerprint density at radius 1 is 1.72 bits per heavy atom. The average Bonchev–Trinajstić information content (AvgIpc) is 2.29. The van der Waals surface area contributed by atoms with Crippen molar-refractivity contribution in [3.63, 3.8) is 0 Å². The zero-order valence-corrected chi connectivity index (χ0v) is 11.7. The number of nitriles is 1. The molecule has 5 nitrogen and oxygen atoms in total. The van der Waals surface area contributed by atoms with Crippen LogP contribution in [0.5, 0.6) is 0 Å². The zero-order chi connectivity index (χ0) is 13.8. The smallest absolute Gasteiger partial charge is 0.136 e. The summed E-state index contributed by atoms with van der Waals surface area (Å²) in [6.45, 7) is 3.46. The third-order valence-electron chi connectivity index (χ3n) is 1.99. The van der Waals surface area contributed by atoms with E-state index < -0.39 is 5.60 Å². The molecule has 1 rings (SSSR count). The van der Waals surface area contributed by atoms with Gasteiger partial charge in [0.15, 0.2) is 0 Å². The predicted octanol–water partition coefficient (Wildman–Crippen LogP) is 1.92. The summed E-state index contributed by atoms with van der Waals surface area (Å²) in [5, 5.41) is 28.4. The normalized spacial score (nSPS) is 17.9. The van der Waals surface area contributed by atoms with Crippen LogP contribution in [-0.4, -0.2) is 23.5 Å². The Kier molecular flexibility index (Phi) is 4.70. The lowest BCUT2D eigenvalue weighted by Gasteiger charge is -2.21. The fourth-order valence-electron chi connectivity index (χ4n) is 1.16. The summed E-state index contributed by atoms with van der Waals surface area (Å²) in [5.41, 5.74) is -0.177. The Labute approximate surface area is 114 Å². The standard InChI is InChI=1S/C12H14BrN3O2/c1-12(2,17)7-18-9-3-10(13)11(16-6-9)8(4-14)5-15/h3-4,6,14,16-17H,7H2,1-2H3/b11-8+,14-4?. The monoisotopic (exact) mass is 311 g/mol. The van der Waals surface area contributed by atoms with Gasteiger partial charge in [-0.25, -0.2) is 0 Å². The summed E-state index contributed by atoms with van der Waals surface area (Å²) in [6.07, 6.45) is 4.24. The van der Waals surface area contributed by atoms with Crippen LogP contribution in [0, 0.1) is 16.7 Å². The quantitative estimate of drug-likeness (QED) is 0.546. The molecular formula is C12H14BrN3O2. The number of hydrogen-bond donors (Lipinski definition) is 3. The molecule has 96 valence electrons. The number of nitrogens with one attached hydrogen (secondary N) is 2. The Balaban J connectivity index is 2.81. The molecule has 0 aromatic heterocycles. The summed E-state index contributed by atoms with van der Waals surface area (Å²) >= 11 is 3.30. The summed E-state index contributed by atoms with van der Waals surface area (Å²) in [4.78, 5) is 0. The van der Waals surface area contributed by atoms with E-state index in [0.29, 0.717) is 15.9 Å². The first-order valence-electron chi connectivity index (χ1n) is 5.21. The molecule has 0 atom stereocenters. The van der Waals surface area contributed by atoms with Crippen LogP contribution in [0.2, 0.25) is 0 Å². The number of halogens is 1. The lowest BCUT2D eigenvalue weighted by molar-refractivity contribution is 0.00541. The molecular weight excluding hydrogens is 298 g/mol. The molecule has 0 saturated heterocycles. The minimum absolute atomic E-state index is 0.159. The van der Waals surface area contributed by atoms with Crippen molar-refractivity contribution in [2.75, 3.05) is 6.61 Å². The van der Waals surface area contributed by atoms with Crippen molar-refractivity contribution in [2.24, 2.45) is 0 Å². The largest absolute Gasteiger partial charge is 0.489 e. The third kappa shape index (κ3) is 4.02. The molecule has 0 fully saturated rings. The van der Waals surface area contributed by atoms with Gasteiger partial charge in [-0.1, -0.05) is 0 Å². The maximum atomic E-state index is 9.54. The van der Waals surface area contributed by atoms with Crippen LogP contribution >= 0.6 is 15.9 Å². The molecule has 18 heavy (non-hydrogen) atoms. The van der Waals surface area contributed by atoms with Crippen LogP contribution in [0.25, 0.3) is 0 Å². The molecule has 0 saturated carbocycles. The number of aliphatic hydroxyl groups is 1. The molecule has 0 aromatic rings. The van der Waals surface area contributed by atoms with E-state index in [9.17, 15) is 5.11 Å². The average molecular weight is 312 g/mol. The summed E-state index contributed by atoms with van der Waals surface area (Å²) in [7, 11) is 0. The molecule has 0 radical (unpaired) electrons. The van der Waals surface area contributed by atoms with Crippen molar-refractivity contribution < 1.29 is 9.84 Å². The topological polar surface area (TPSA) is 89.1 Å². The maximum absolute atomic E-state index is 9.54. The van der Waals surface area contributed by atoms with E-state index in [1.807, 2.05) is 6.07 Å². The van der Waals surface area contributed by atoms with Gasteiger partial charge in [0.2, 0.25) is 0 Å². The van der Waals surface area contributed by atoms with E-state index in [2.05, 4.69) is 21.2 Å². The summed E-state index contributed by atoms with van der Waals surface area (Å²) < 4.78 is 6.01. The fraction of sp³-hybridized carbons (Fsp3) is 0.333. The molecule has 6 heteroatoms. The Morgan fingerprint density at radius 2 is 2.39 bits per heavy atom. The van der Waals surface area contributed by atoms with Gasteiger partial charge >= 0.3 is 0 Å². The van der Waals surface area contributed by atoms with Gasteiger partial charge in [0, 0.05) is 16.9 Å². The molecule has 0 amide bonds. The second-order valence-corrected chi connectivity index (χ2v) is 5.18. The highest BCUT2D eigenvalue weighted by atomic mass is 79.9. The lowest BCUT2D eigenvalue weighted by Crippen LogP contribution is -2.26. The van der Waals surface area contributed by atoms with Crippen LogP contribution in [-0.2, 0) is 4.74 Å². The van der Waals surface area contributed by atoms with Crippen molar-refractivity contribution in [1.29, 1.82) is 10.7 Å². The van der Waals surface area contributed by atoms with Crippen LogP contribution in [0.4, 0.5) is 0 Å². The molecule has 0 bridgehead atoms. The number of nitrogens with zero attached hydrogens (tertiary/aromatic N) is 1. The minimum Gasteiger partial charge on any atom is -0.489 e. The van der Waals surface area contributed by atoms with E-state index in [0.717, 1.165) is 6.21 Å². The molecule has 1 heterocycles. The first-order chi connectivity index (χ1) is 8.37. The second kappa shape index (κ2) is 5.85. The van der Waals surface area contributed by atoms with E-state index in [4.69, 9.17) is 15.4 Å². The Bertz CT molecular complexity index is 479. The molecule has 3 N–H and O–H groups in total. The molecule has 0 aromatic carbocycles. The van der Waals surface area contributed by atoms with Crippen molar-refractivity contribution in [3.05, 3.63) is 33.8 Å². The number of hydrogen-bond acceptors (Lipinski definition) is 5. The summed E-state index contributed by atoms with van der Waals surface area (Å²) in [6, 6.07) is 1.92. The van der Waals surface area contributed by atoms with E-state index in [1.54, 1.807) is 26.1 Å². The van der Waals surface area contributed by atoms with Gasteiger partial charge in [0.1, 0.15) is 18.4 Å². The van der Waals surface area contributed by atoms with Crippen molar-refractivity contribution in [2.45, 2.75) is 19.4 Å². The highest BCUT2D eigenvalue weighted by molar-refractivity contribution is 9.12. The highest BCUT2D eigenvalue weighted by Gasteiger charge is 2.17. The van der Waals surface area contributed by atoms with Gasteiger partial charge in [-0.2, -0.15) is 5.26 Å². The van der Waals surface area contributed by atoms with Crippen LogP contribution in [0.3, 0.4) is 0 Å². The number of rotatable bonds is 4. The van der Waals surface area contributed by atoms with Crippen LogP contribution < -0.4 is 5.32 Å². The Hall–Kier alpha value is -1.58. The number of ether oxygens (including phenoxy) is 1. The van der Waals surface area contributed by atoms with E-state index in [1.165, 1.54) is 0 Å². The van der Waals surface area contributed by atoms with Crippen molar-refractivity contribution >= 4 is 22.1 Å². The fourth-order valence-corrected chi connectivity index (χ4v) is 1.71. The van der Waals surface area contributed by atoms with Gasteiger partial charge < -0.3 is 20.6 Å². The molecule has 0 unspecified atom stereocenters. The van der Waals surface area contributed by atoms with Gasteiger partial charge in [-0.3, -0.25) is 0 Å². The molecule has 1 aliphatic rings. The van der Waals surface area contributed by atoms with Crippen molar-refractivity contribution in [3.8, 4) is 6.07 Å². The molecule has 0 aliphatic carbocycles.